The molecule has 3 rings (SSSR count). The van der Waals surface area contributed by atoms with Crippen molar-refractivity contribution in [3.05, 3.63) is 62.8 Å². The second-order valence-corrected chi connectivity index (χ2v) is 6.41. The Hall–Kier alpha value is -1.10. The maximum Gasteiger partial charge on any atom is 0.147 e. The fourth-order valence-electron chi connectivity index (χ4n) is 2.63. The van der Waals surface area contributed by atoms with Crippen molar-refractivity contribution in [2.75, 3.05) is 6.61 Å². The molecule has 110 valence electrons. The lowest BCUT2D eigenvalue weighted by molar-refractivity contribution is 0.198. The van der Waals surface area contributed by atoms with E-state index in [0.717, 1.165) is 17.7 Å². The summed E-state index contributed by atoms with van der Waals surface area (Å²) in [5.74, 6) is 0.444. The number of nitrogens with two attached hydrogens (primary N) is 1. The van der Waals surface area contributed by atoms with Crippen LogP contribution in [0.5, 0.6) is 5.75 Å². The third-order valence-electron chi connectivity index (χ3n) is 3.84. The van der Waals surface area contributed by atoms with Gasteiger partial charge < -0.3 is 10.5 Å². The normalized spacial score (nSPS) is 18.8. The fourth-order valence-corrected chi connectivity index (χ4v) is 3.11. The lowest BCUT2D eigenvalue weighted by Gasteiger charge is -2.30. The molecule has 2 aromatic carbocycles. The molecule has 0 saturated carbocycles. The Balaban J connectivity index is 1.87. The molecule has 0 aromatic heterocycles. The van der Waals surface area contributed by atoms with Crippen molar-refractivity contribution in [3.63, 3.8) is 0 Å². The first-order chi connectivity index (χ1) is 10.1. The average molecular weight is 371 g/mol. The highest BCUT2D eigenvalue weighted by Crippen LogP contribution is 2.36. The minimum atomic E-state index is -0.461. The molecule has 2 N–H and O–H groups in total. The highest BCUT2D eigenvalue weighted by atomic mass is 79.9. The van der Waals surface area contributed by atoms with Crippen LogP contribution in [0.25, 0.3) is 0 Å². The predicted molar refractivity (Wildman–Crippen MR) is 85.2 cm³/mol. The van der Waals surface area contributed by atoms with Gasteiger partial charge in [0.15, 0.2) is 0 Å². The Kier molecular flexibility index (Phi) is 4.20. The largest absolute Gasteiger partial charge is 0.493 e. The SMILES string of the molecule is NC(c1ccc(Br)c(Cl)c1F)C1COc2ccccc2C1. The molecule has 0 aliphatic carbocycles. The van der Waals surface area contributed by atoms with Crippen molar-refractivity contribution in [2.24, 2.45) is 11.7 Å². The molecule has 2 atom stereocenters. The van der Waals surface area contributed by atoms with Gasteiger partial charge in [-0.1, -0.05) is 35.9 Å². The van der Waals surface area contributed by atoms with Crippen LogP contribution in [0, 0.1) is 11.7 Å². The van der Waals surface area contributed by atoms with Crippen LogP contribution >= 0.6 is 27.5 Å². The van der Waals surface area contributed by atoms with Gasteiger partial charge in [-0.2, -0.15) is 0 Å². The zero-order valence-corrected chi connectivity index (χ0v) is 13.5. The van der Waals surface area contributed by atoms with Crippen molar-refractivity contribution in [2.45, 2.75) is 12.5 Å². The van der Waals surface area contributed by atoms with E-state index in [1.807, 2.05) is 24.3 Å². The van der Waals surface area contributed by atoms with E-state index < -0.39 is 11.9 Å². The molecule has 2 nitrogen and oxygen atoms in total. The molecular formula is C16H14BrClFNO. The molecule has 0 amide bonds. The molecule has 0 radical (unpaired) electrons. The second kappa shape index (κ2) is 5.95. The Bertz CT molecular complexity index is 679. The van der Waals surface area contributed by atoms with Crippen molar-refractivity contribution in [1.29, 1.82) is 0 Å². The van der Waals surface area contributed by atoms with Crippen molar-refractivity contribution in [3.8, 4) is 5.75 Å². The van der Waals surface area contributed by atoms with Crippen LogP contribution in [-0.4, -0.2) is 6.61 Å². The lowest BCUT2D eigenvalue weighted by atomic mass is 9.87. The van der Waals surface area contributed by atoms with E-state index in [1.54, 1.807) is 12.1 Å². The van der Waals surface area contributed by atoms with Crippen LogP contribution in [0.4, 0.5) is 4.39 Å². The van der Waals surface area contributed by atoms with Gasteiger partial charge in [0.25, 0.3) is 0 Å². The maximum absolute atomic E-state index is 14.3. The van der Waals surface area contributed by atoms with Crippen LogP contribution in [-0.2, 0) is 6.42 Å². The number of hydrogen-bond acceptors (Lipinski definition) is 2. The smallest absolute Gasteiger partial charge is 0.147 e. The molecule has 2 aromatic rings. The molecule has 0 fully saturated rings. The Morgan fingerprint density at radius 1 is 1.29 bits per heavy atom. The van der Waals surface area contributed by atoms with Crippen LogP contribution in [0.2, 0.25) is 5.02 Å². The van der Waals surface area contributed by atoms with Gasteiger partial charge >= 0.3 is 0 Å². The fraction of sp³-hybridized carbons (Fsp3) is 0.250. The van der Waals surface area contributed by atoms with Crippen LogP contribution in [0.3, 0.4) is 0 Å². The number of rotatable bonds is 2. The first-order valence-corrected chi connectivity index (χ1v) is 7.84. The van der Waals surface area contributed by atoms with Gasteiger partial charge in [-0.25, -0.2) is 4.39 Å². The lowest BCUT2D eigenvalue weighted by Crippen LogP contribution is -2.32. The van der Waals surface area contributed by atoms with Gasteiger partial charge in [0.05, 0.1) is 11.6 Å². The van der Waals surface area contributed by atoms with E-state index in [-0.39, 0.29) is 10.9 Å². The summed E-state index contributed by atoms with van der Waals surface area (Å²) in [4.78, 5) is 0. The van der Waals surface area contributed by atoms with Gasteiger partial charge in [0.1, 0.15) is 11.6 Å². The van der Waals surface area contributed by atoms with E-state index in [1.165, 1.54) is 0 Å². The summed E-state index contributed by atoms with van der Waals surface area (Å²) in [7, 11) is 0. The molecule has 2 unspecified atom stereocenters. The quantitative estimate of drug-likeness (QED) is 0.790. The molecule has 0 saturated heterocycles. The minimum Gasteiger partial charge on any atom is -0.493 e. The van der Waals surface area contributed by atoms with Gasteiger partial charge in [0, 0.05) is 22.0 Å². The van der Waals surface area contributed by atoms with Gasteiger partial charge in [0.2, 0.25) is 0 Å². The van der Waals surface area contributed by atoms with E-state index in [9.17, 15) is 4.39 Å². The minimum absolute atomic E-state index is 0.0200. The monoisotopic (exact) mass is 369 g/mol. The molecule has 0 spiro atoms. The molecule has 21 heavy (non-hydrogen) atoms. The molecule has 1 aliphatic heterocycles. The van der Waals surface area contributed by atoms with E-state index in [0.29, 0.717) is 16.6 Å². The van der Waals surface area contributed by atoms with Crippen LogP contribution in [0.15, 0.2) is 40.9 Å². The summed E-state index contributed by atoms with van der Waals surface area (Å²) in [6.07, 6.45) is 0.768. The second-order valence-electron chi connectivity index (χ2n) is 5.17. The van der Waals surface area contributed by atoms with Crippen molar-refractivity contribution >= 4 is 27.5 Å². The third kappa shape index (κ3) is 2.80. The molecule has 1 aliphatic rings. The summed E-state index contributed by atoms with van der Waals surface area (Å²) >= 11 is 9.15. The standard InChI is InChI=1S/C16H14BrClFNO/c17-12-6-5-11(15(19)14(12)18)16(20)10-7-9-3-1-2-4-13(9)21-8-10/h1-6,10,16H,7-8,20H2. The van der Waals surface area contributed by atoms with Crippen LogP contribution < -0.4 is 10.5 Å². The highest BCUT2D eigenvalue weighted by molar-refractivity contribution is 9.10. The van der Waals surface area contributed by atoms with Crippen molar-refractivity contribution in [1.82, 2.24) is 0 Å². The third-order valence-corrected chi connectivity index (χ3v) is 5.10. The van der Waals surface area contributed by atoms with E-state index >= 15 is 0 Å². The molecule has 5 heteroatoms. The van der Waals surface area contributed by atoms with E-state index in [4.69, 9.17) is 22.1 Å². The summed E-state index contributed by atoms with van der Waals surface area (Å²) in [6, 6.07) is 10.8. The summed E-state index contributed by atoms with van der Waals surface area (Å²) in [6.45, 7) is 0.477. The Morgan fingerprint density at radius 3 is 2.86 bits per heavy atom. The number of ether oxygens (including phenoxy) is 1. The zero-order valence-electron chi connectivity index (χ0n) is 11.2. The molecule has 0 bridgehead atoms. The first-order valence-electron chi connectivity index (χ1n) is 6.67. The van der Waals surface area contributed by atoms with Crippen molar-refractivity contribution < 1.29 is 9.13 Å². The topological polar surface area (TPSA) is 35.2 Å². The summed E-state index contributed by atoms with van der Waals surface area (Å²) in [5, 5.41) is 0.0695. The van der Waals surface area contributed by atoms with E-state index in [2.05, 4.69) is 15.9 Å². The Morgan fingerprint density at radius 2 is 2.05 bits per heavy atom. The van der Waals surface area contributed by atoms with Crippen LogP contribution in [0.1, 0.15) is 17.2 Å². The van der Waals surface area contributed by atoms with Gasteiger partial charge in [-0.05, 0) is 40.0 Å². The number of fused-ring (bicyclic) bond motifs is 1. The predicted octanol–water partition coefficient (Wildman–Crippen LogP) is 4.49. The number of hydrogen-bond donors (Lipinski definition) is 1. The average Bonchev–Trinajstić information content (AvgIpc) is 2.52. The number of para-hydroxylation sites is 1. The number of benzene rings is 2. The zero-order chi connectivity index (χ0) is 15.0. The summed E-state index contributed by atoms with van der Waals surface area (Å²) < 4.78 is 20.5. The van der Waals surface area contributed by atoms with Gasteiger partial charge in [-0.3, -0.25) is 0 Å². The Labute approximate surface area is 136 Å². The number of halogens is 3. The highest BCUT2D eigenvalue weighted by Gasteiger charge is 2.28. The van der Waals surface area contributed by atoms with Gasteiger partial charge in [-0.15, -0.1) is 0 Å². The first kappa shape index (κ1) is 14.8. The molecule has 1 heterocycles. The molecular weight excluding hydrogens is 357 g/mol. The maximum atomic E-state index is 14.3. The summed E-state index contributed by atoms with van der Waals surface area (Å²) in [5.41, 5.74) is 7.78.